The molecule has 0 aliphatic carbocycles. The topological polar surface area (TPSA) is 64.3 Å². The van der Waals surface area contributed by atoms with Gasteiger partial charge in [-0.1, -0.05) is 13.8 Å². The number of imidazole rings is 1. The summed E-state index contributed by atoms with van der Waals surface area (Å²) in [4.78, 5) is 25.6. The number of hydrogen-bond acceptors (Lipinski definition) is 4. The highest BCUT2D eigenvalue weighted by Gasteiger charge is 2.46. The van der Waals surface area contributed by atoms with Crippen molar-refractivity contribution in [2.24, 2.45) is 5.92 Å². The van der Waals surface area contributed by atoms with Crippen molar-refractivity contribution in [3.63, 3.8) is 0 Å². The summed E-state index contributed by atoms with van der Waals surface area (Å²) in [5, 5.41) is 3.77. The first-order chi connectivity index (χ1) is 12.6. The van der Waals surface area contributed by atoms with Crippen LogP contribution in [-0.2, 0) is 16.8 Å². The fraction of sp³-hybridized carbons (Fsp3) is 0.800. The van der Waals surface area contributed by atoms with Crippen LogP contribution in [0.5, 0.6) is 0 Å². The van der Waals surface area contributed by atoms with Gasteiger partial charge < -0.3 is 14.8 Å². The molecular weight excluding hydrogens is 326 g/mol. The second kappa shape index (κ2) is 7.31. The Kier molecular flexibility index (Phi) is 5.06. The molecule has 4 rings (SSSR count). The van der Waals surface area contributed by atoms with E-state index in [1.54, 1.807) is 0 Å². The van der Waals surface area contributed by atoms with Gasteiger partial charge in [0.15, 0.2) is 0 Å². The SMILES string of the molecule is CC(C)CCN1CCC2(CC1)N[C@H](C(=O)N1CCCC1)Cc1[nH]cnc12. The van der Waals surface area contributed by atoms with Crippen molar-refractivity contribution in [3.8, 4) is 0 Å². The smallest absolute Gasteiger partial charge is 0.240 e. The van der Waals surface area contributed by atoms with Gasteiger partial charge in [-0.15, -0.1) is 0 Å². The number of carbonyl (C=O) groups is 1. The predicted octanol–water partition coefficient (Wildman–Crippen LogP) is 1.88. The summed E-state index contributed by atoms with van der Waals surface area (Å²) in [6, 6.07) is -0.108. The number of nitrogens with one attached hydrogen (secondary N) is 2. The summed E-state index contributed by atoms with van der Waals surface area (Å²) in [7, 11) is 0. The molecule has 1 aromatic heterocycles. The second-order valence-electron chi connectivity index (χ2n) is 8.77. The Morgan fingerprint density at radius 3 is 2.69 bits per heavy atom. The molecule has 2 N–H and O–H groups in total. The summed E-state index contributed by atoms with van der Waals surface area (Å²) >= 11 is 0. The number of aromatic amines is 1. The minimum atomic E-state index is -0.137. The number of carbonyl (C=O) groups excluding carboxylic acids is 1. The van der Waals surface area contributed by atoms with Crippen molar-refractivity contribution >= 4 is 5.91 Å². The number of hydrogen-bond donors (Lipinski definition) is 2. The van der Waals surface area contributed by atoms with E-state index in [4.69, 9.17) is 0 Å². The standard InChI is InChI=1S/C20H33N5O/c1-15(2)5-10-24-11-6-20(7-12-24)18-16(21-14-22-18)13-17(23-20)19(26)25-8-3-4-9-25/h14-15,17,23H,3-13H2,1-2H3,(H,21,22)/t17-/m0/s1. The third kappa shape index (κ3) is 3.41. The molecule has 3 aliphatic heterocycles. The van der Waals surface area contributed by atoms with Crippen molar-refractivity contribution in [1.82, 2.24) is 25.1 Å². The first-order valence-corrected chi connectivity index (χ1v) is 10.4. The van der Waals surface area contributed by atoms with Crippen LogP contribution in [0.4, 0.5) is 0 Å². The molecule has 0 saturated carbocycles. The fourth-order valence-electron chi connectivity index (χ4n) is 4.83. The Hall–Kier alpha value is -1.40. The van der Waals surface area contributed by atoms with Crippen molar-refractivity contribution in [2.75, 3.05) is 32.7 Å². The largest absolute Gasteiger partial charge is 0.348 e. The number of fused-ring (bicyclic) bond motifs is 2. The predicted molar refractivity (Wildman–Crippen MR) is 102 cm³/mol. The number of nitrogens with zero attached hydrogens (tertiary/aromatic N) is 3. The first-order valence-electron chi connectivity index (χ1n) is 10.4. The Labute approximate surface area is 156 Å². The number of piperidine rings is 1. The molecule has 26 heavy (non-hydrogen) atoms. The lowest BCUT2D eigenvalue weighted by Gasteiger charge is -2.46. The van der Waals surface area contributed by atoms with Crippen LogP contribution in [0.15, 0.2) is 6.33 Å². The van der Waals surface area contributed by atoms with Gasteiger partial charge in [0.2, 0.25) is 5.91 Å². The highest BCUT2D eigenvalue weighted by molar-refractivity contribution is 5.83. The van der Waals surface area contributed by atoms with Crippen molar-refractivity contribution < 1.29 is 4.79 Å². The molecule has 0 bridgehead atoms. The molecule has 0 radical (unpaired) electrons. The van der Waals surface area contributed by atoms with Crippen molar-refractivity contribution in [3.05, 3.63) is 17.7 Å². The lowest BCUT2D eigenvalue weighted by atomic mass is 9.78. The van der Waals surface area contributed by atoms with E-state index in [2.05, 4.69) is 34.0 Å². The maximum absolute atomic E-state index is 13.0. The van der Waals surface area contributed by atoms with Crippen LogP contribution < -0.4 is 5.32 Å². The minimum absolute atomic E-state index is 0.108. The van der Waals surface area contributed by atoms with Gasteiger partial charge in [-0.3, -0.25) is 10.1 Å². The molecule has 0 unspecified atom stereocenters. The quantitative estimate of drug-likeness (QED) is 0.862. The Balaban J connectivity index is 1.48. The number of amides is 1. The molecule has 3 aliphatic rings. The van der Waals surface area contributed by atoms with Gasteiger partial charge in [-0.05, 0) is 44.6 Å². The maximum Gasteiger partial charge on any atom is 0.240 e. The van der Waals surface area contributed by atoms with E-state index in [-0.39, 0.29) is 17.5 Å². The number of aromatic nitrogens is 2. The molecule has 2 saturated heterocycles. The Bertz CT molecular complexity index is 626. The van der Waals surface area contributed by atoms with Gasteiger partial charge in [-0.25, -0.2) is 4.98 Å². The lowest BCUT2D eigenvalue weighted by molar-refractivity contribution is -0.133. The summed E-state index contributed by atoms with van der Waals surface area (Å²) in [6.45, 7) is 9.76. The molecule has 6 nitrogen and oxygen atoms in total. The van der Waals surface area contributed by atoms with Crippen LogP contribution in [0.2, 0.25) is 0 Å². The van der Waals surface area contributed by atoms with E-state index >= 15 is 0 Å². The van der Waals surface area contributed by atoms with Gasteiger partial charge in [0.25, 0.3) is 0 Å². The Morgan fingerprint density at radius 2 is 2.00 bits per heavy atom. The summed E-state index contributed by atoms with van der Waals surface area (Å²) < 4.78 is 0. The monoisotopic (exact) mass is 359 g/mol. The average Bonchev–Trinajstić information content (AvgIpc) is 3.32. The lowest BCUT2D eigenvalue weighted by Crippen LogP contribution is -2.61. The van der Waals surface area contributed by atoms with E-state index in [9.17, 15) is 4.79 Å². The zero-order valence-electron chi connectivity index (χ0n) is 16.3. The highest BCUT2D eigenvalue weighted by atomic mass is 16.2. The summed E-state index contributed by atoms with van der Waals surface area (Å²) in [5.74, 6) is 1.03. The maximum atomic E-state index is 13.0. The van der Waals surface area contributed by atoms with Crippen molar-refractivity contribution in [1.29, 1.82) is 0 Å². The molecule has 1 amide bonds. The van der Waals surface area contributed by atoms with E-state index in [0.717, 1.165) is 75.6 Å². The van der Waals surface area contributed by atoms with Gasteiger partial charge in [0.05, 0.1) is 23.6 Å². The second-order valence-corrected chi connectivity index (χ2v) is 8.77. The van der Waals surface area contributed by atoms with Gasteiger partial charge in [-0.2, -0.15) is 0 Å². The molecule has 1 atom stereocenters. The number of likely N-dealkylation sites (tertiary alicyclic amines) is 2. The summed E-state index contributed by atoms with van der Waals surface area (Å²) in [6.07, 6.45) is 8.16. The zero-order chi connectivity index (χ0) is 18.1. The third-order valence-electron chi connectivity index (χ3n) is 6.48. The van der Waals surface area contributed by atoms with Crippen LogP contribution >= 0.6 is 0 Å². The van der Waals surface area contributed by atoms with Gasteiger partial charge in [0.1, 0.15) is 0 Å². The molecule has 4 heterocycles. The van der Waals surface area contributed by atoms with Crippen molar-refractivity contribution in [2.45, 2.75) is 64.0 Å². The molecule has 1 spiro atoms. The number of rotatable bonds is 4. The van der Waals surface area contributed by atoms with Crippen LogP contribution in [-0.4, -0.2) is 64.4 Å². The van der Waals surface area contributed by atoms with Crippen LogP contribution in [0, 0.1) is 5.92 Å². The first kappa shape index (κ1) is 18.0. The molecular formula is C20H33N5O. The molecule has 144 valence electrons. The fourth-order valence-corrected chi connectivity index (χ4v) is 4.83. The molecule has 0 aromatic carbocycles. The van der Waals surface area contributed by atoms with Crippen LogP contribution in [0.1, 0.15) is 57.3 Å². The van der Waals surface area contributed by atoms with E-state index < -0.39 is 0 Å². The van der Waals surface area contributed by atoms with E-state index in [0.29, 0.717) is 0 Å². The molecule has 6 heteroatoms. The third-order valence-corrected chi connectivity index (χ3v) is 6.48. The Morgan fingerprint density at radius 1 is 1.27 bits per heavy atom. The molecule has 1 aromatic rings. The van der Waals surface area contributed by atoms with E-state index in [1.807, 2.05) is 11.2 Å². The summed E-state index contributed by atoms with van der Waals surface area (Å²) in [5.41, 5.74) is 2.19. The normalized spacial score (nSPS) is 25.8. The van der Waals surface area contributed by atoms with Crippen LogP contribution in [0.3, 0.4) is 0 Å². The van der Waals surface area contributed by atoms with E-state index in [1.165, 1.54) is 13.0 Å². The zero-order valence-corrected chi connectivity index (χ0v) is 16.3. The average molecular weight is 360 g/mol. The van der Waals surface area contributed by atoms with Gasteiger partial charge in [0, 0.05) is 38.3 Å². The highest BCUT2D eigenvalue weighted by Crippen LogP contribution is 2.38. The number of H-pyrrole nitrogens is 1. The minimum Gasteiger partial charge on any atom is -0.348 e. The molecule has 2 fully saturated rings. The van der Waals surface area contributed by atoms with Gasteiger partial charge >= 0.3 is 0 Å². The van der Waals surface area contributed by atoms with Crippen LogP contribution in [0.25, 0.3) is 0 Å².